The number of halogens is 1. The van der Waals surface area contributed by atoms with Gasteiger partial charge in [0.2, 0.25) is 5.28 Å². The summed E-state index contributed by atoms with van der Waals surface area (Å²) in [6, 6.07) is 6.85. The number of carbonyl (C=O) groups is 1. The Balaban J connectivity index is 2.38. The van der Waals surface area contributed by atoms with Gasteiger partial charge in [-0.2, -0.15) is 4.98 Å². The second-order valence-electron chi connectivity index (χ2n) is 3.62. The summed E-state index contributed by atoms with van der Waals surface area (Å²) < 4.78 is 0. The Bertz CT molecular complexity index is 618. The average molecular weight is 279 g/mol. The number of amides is 1. The summed E-state index contributed by atoms with van der Waals surface area (Å²) in [6.07, 6.45) is 1.18. The van der Waals surface area contributed by atoms with Crippen LogP contribution in [0.5, 0.6) is 5.75 Å². The molecular formula is C12H11ClN4O2. The van der Waals surface area contributed by atoms with Crippen molar-refractivity contribution in [3.8, 4) is 5.75 Å². The summed E-state index contributed by atoms with van der Waals surface area (Å²) in [6.45, 7) is 0. The van der Waals surface area contributed by atoms with Crippen LogP contribution in [0, 0.1) is 0 Å². The molecule has 0 unspecified atom stereocenters. The zero-order valence-electron chi connectivity index (χ0n) is 10.0. The number of nitrogens with zero attached hydrogens (tertiary/aromatic N) is 2. The zero-order chi connectivity index (χ0) is 13.8. The van der Waals surface area contributed by atoms with Gasteiger partial charge in [0.25, 0.3) is 5.91 Å². The molecule has 1 heterocycles. The highest BCUT2D eigenvalue weighted by molar-refractivity contribution is 6.28. The normalized spacial score (nSPS) is 10.0. The largest absolute Gasteiger partial charge is 0.503 e. The van der Waals surface area contributed by atoms with Gasteiger partial charge in [-0.05, 0) is 23.7 Å². The maximum absolute atomic E-state index is 11.7. The lowest BCUT2D eigenvalue weighted by Gasteiger charge is -2.11. The zero-order valence-corrected chi connectivity index (χ0v) is 10.8. The SMILES string of the molecule is CNC(=O)c1ccccc1Nc1nc(Cl)ncc1O. The van der Waals surface area contributed by atoms with E-state index in [2.05, 4.69) is 20.6 Å². The van der Waals surface area contributed by atoms with Crippen molar-refractivity contribution in [2.24, 2.45) is 0 Å². The fourth-order valence-corrected chi connectivity index (χ4v) is 1.63. The van der Waals surface area contributed by atoms with Crippen LogP contribution in [-0.2, 0) is 0 Å². The number of carbonyl (C=O) groups excluding carboxylic acids is 1. The minimum absolute atomic E-state index is 0.00211. The molecule has 1 aromatic heterocycles. The van der Waals surface area contributed by atoms with E-state index < -0.39 is 0 Å². The number of rotatable bonds is 3. The fourth-order valence-electron chi connectivity index (χ4n) is 1.50. The van der Waals surface area contributed by atoms with E-state index in [1.807, 2.05) is 0 Å². The molecule has 0 saturated carbocycles. The first-order valence-electron chi connectivity index (χ1n) is 5.41. The van der Waals surface area contributed by atoms with Gasteiger partial charge in [0.05, 0.1) is 17.4 Å². The highest BCUT2D eigenvalue weighted by Gasteiger charge is 2.12. The number of para-hydroxylation sites is 1. The molecule has 0 atom stereocenters. The van der Waals surface area contributed by atoms with Crippen molar-refractivity contribution in [3.05, 3.63) is 41.3 Å². The molecule has 0 saturated heterocycles. The van der Waals surface area contributed by atoms with Crippen molar-refractivity contribution in [3.63, 3.8) is 0 Å². The molecule has 2 rings (SSSR count). The van der Waals surface area contributed by atoms with Gasteiger partial charge in [0.15, 0.2) is 11.6 Å². The highest BCUT2D eigenvalue weighted by atomic mass is 35.5. The third kappa shape index (κ3) is 2.92. The second kappa shape index (κ2) is 5.53. The van der Waals surface area contributed by atoms with Gasteiger partial charge >= 0.3 is 0 Å². The number of aromatic nitrogens is 2. The van der Waals surface area contributed by atoms with Crippen LogP contribution in [0.2, 0.25) is 5.28 Å². The number of hydrogen-bond donors (Lipinski definition) is 3. The molecule has 0 radical (unpaired) electrons. The van der Waals surface area contributed by atoms with Crippen LogP contribution in [0.3, 0.4) is 0 Å². The van der Waals surface area contributed by atoms with Crippen LogP contribution < -0.4 is 10.6 Å². The standard InChI is InChI=1S/C12H11ClN4O2/c1-14-11(19)7-4-2-3-5-8(7)16-10-9(18)6-15-12(13)17-10/h2-6,18H,1H3,(H,14,19)(H,15,16,17). The van der Waals surface area contributed by atoms with Gasteiger partial charge in [-0.3, -0.25) is 4.79 Å². The molecule has 3 N–H and O–H groups in total. The van der Waals surface area contributed by atoms with Gasteiger partial charge < -0.3 is 15.7 Å². The van der Waals surface area contributed by atoms with Crippen molar-refractivity contribution in [2.75, 3.05) is 12.4 Å². The number of anilines is 2. The number of hydrogen-bond acceptors (Lipinski definition) is 5. The third-order valence-corrected chi connectivity index (χ3v) is 2.57. The summed E-state index contributed by atoms with van der Waals surface area (Å²) in [7, 11) is 1.54. The molecule has 0 aliphatic carbocycles. The minimum atomic E-state index is -0.247. The molecule has 0 aliphatic heterocycles. The monoisotopic (exact) mass is 278 g/mol. The van der Waals surface area contributed by atoms with Crippen LogP contribution in [0.15, 0.2) is 30.5 Å². The molecule has 1 aromatic carbocycles. The molecular weight excluding hydrogens is 268 g/mol. The first-order chi connectivity index (χ1) is 9.11. The van der Waals surface area contributed by atoms with Crippen LogP contribution in [0.25, 0.3) is 0 Å². The first-order valence-corrected chi connectivity index (χ1v) is 5.79. The summed E-state index contributed by atoms with van der Waals surface area (Å²) in [4.78, 5) is 19.2. The van der Waals surface area contributed by atoms with Gasteiger partial charge in [-0.15, -0.1) is 0 Å². The Morgan fingerprint density at radius 1 is 1.37 bits per heavy atom. The van der Waals surface area contributed by atoms with Gasteiger partial charge in [-0.25, -0.2) is 4.98 Å². The summed E-state index contributed by atoms with van der Waals surface area (Å²) in [5.41, 5.74) is 0.936. The highest BCUT2D eigenvalue weighted by Crippen LogP contribution is 2.26. The number of benzene rings is 1. The third-order valence-electron chi connectivity index (χ3n) is 2.39. The molecule has 1 amide bonds. The van der Waals surface area contributed by atoms with Crippen LogP contribution in [0.4, 0.5) is 11.5 Å². The van der Waals surface area contributed by atoms with E-state index in [-0.39, 0.29) is 22.8 Å². The van der Waals surface area contributed by atoms with E-state index in [9.17, 15) is 9.90 Å². The van der Waals surface area contributed by atoms with Crippen molar-refractivity contribution >= 4 is 29.0 Å². The fraction of sp³-hybridized carbons (Fsp3) is 0.0833. The van der Waals surface area contributed by atoms with Gasteiger partial charge in [-0.1, -0.05) is 12.1 Å². The number of aromatic hydroxyl groups is 1. The van der Waals surface area contributed by atoms with E-state index >= 15 is 0 Å². The summed E-state index contributed by atoms with van der Waals surface area (Å²) >= 11 is 5.66. The molecule has 19 heavy (non-hydrogen) atoms. The van der Waals surface area contributed by atoms with Crippen LogP contribution in [0.1, 0.15) is 10.4 Å². The number of nitrogens with one attached hydrogen (secondary N) is 2. The maximum atomic E-state index is 11.7. The van der Waals surface area contributed by atoms with E-state index in [0.717, 1.165) is 0 Å². The van der Waals surface area contributed by atoms with E-state index in [1.165, 1.54) is 13.2 Å². The van der Waals surface area contributed by atoms with Crippen molar-refractivity contribution < 1.29 is 9.90 Å². The quantitative estimate of drug-likeness (QED) is 0.747. The Morgan fingerprint density at radius 2 is 2.11 bits per heavy atom. The van der Waals surface area contributed by atoms with Gasteiger partial charge in [0, 0.05) is 7.05 Å². The average Bonchev–Trinajstić information content (AvgIpc) is 2.42. The molecule has 7 heteroatoms. The first kappa shape index (κ1) is 13.1. The molecule has 0 spiro atoms. The molecule has 0 aliphatic rings. The lowest BCUT2D eigenvalue weighted by Crippen LogP contribution is -2.19. The van der Waals surface area contributed by atoms with Crippen LogP contribution >= 0.6 is 11.6 Å². The van der Waals surface area contributed by atoms with E-state index in [0.29, 0.717) is 11.3 Å². The molecule has 0 bridgehead atoms. The smallest absolute Gasteiger partial charge is 0.253 e. The molecule has 6 nitrogen and oxygen atoms in total. The van der Waals surface area contributed by atoms with E-state index in [1.54, 1.807) is 24.3 Å². The van der Waals surface area contributed by atoms with Crippen molar-refractivity contribution in [2.45, 2.75) is 0 Å². The summed E-state index contributed by atoms with van der Waals surface area (Å²) in [5, 5.41) is 15.0. The lowest BCUT2D eigenvalue weighted by atomic mass is 10.1. The van der Waals surface area contributed by atoms with Crippen molar-refractivity contribution in [1.82, 2.24) is 15.3 Å². The van der Waals surface area contributed by atoms with Crippen LogP contribution in [-0.4, -0.2) is 28.0 Å². The maximum Gasteiger partial charge on any atom is 0.253 e. The van der Waals surface area contributed by atoms with E-state index in [4.69, 9.17) is 11.6 Å². The molecule has 0 fully saturated rings. The predicted octanol–water partition coefficient (Wildman–Crippen LogP) is 1.94. The Morgan fingerprint density at radius 3 is 2.84 bits per heavy atom. The molecule has 98 valence electrons. The predicted molar refractivity (Wildman–Crippen MR) is 71.8 cm³/mol. The topological polar surface area (TPSA) is 87.1 Å². The Hall–Kier alpha value is -2.34. The lowest BCUT2D eigenvalue weighted by molar-refractivity contribution is 0.0964. The Kier molecular flexibility index (Phi) is 3.82. The summed E-state index contributed by atoms with van der Waals surface area (Å²) in [5.74, 6) is -0.268. The Labute approximate surface area is 114 Å². The minimum Gasteiger partial charge on any atom is -0.503 e. The van der Waals surface area contributed by atoms with Crippen molar-refractivity contribution in [1.29, 1.82) is 0 Å². The van der Waals surface area contributed by atoms with Gasteiger partial charge in [0.1, 0.15) is 0 Å². The second-order valence-corrected chi connectivity index (χ2v) is 3.96. The molecule has 2 aromatic rings.